The van der Waals surface area contributed by atoms with Crippen molar-refractivity contribution in [2.75, 3.05) is 11.9 Å². The van der Waals surface area contributed by atoms with E-state index in [0.29, 0.717) is 6.54 Å². The van der Waals surface area contributed by atoms with Crippen molar-refractivity contribution in [2.45, 2.75) is 57.6 Å². The topological polar surface area (TPSA) is 116 Å². The largest absolute Gasteiger partial charge is 0.385 e. The van der Waals surface area contributed by atoms with Crippen LogP contribution in [0.25, 0.3) is 22.3 Å². The summed E-state index contributed by atoms with van der Waals surface area (Å²) in [6.07, 6.45) is 2.08. The van der Waals surface area contributed by atoms with Crippen LogP contribution in [0.4, 0.5) is 5.69 Å². The molecule has 1 aliphatic carbocycles. The molecule has 1 heterocycles. The van der Waals surface area contributed by atoms with Crippen molar-refractivity contribution >= 4 is 15.8 Å². The van der Waals surface area contributed by atoms with E-state index in [0.717, 1.165) is 63.4 Å². The third-order valence-electron chi connectivity index (χ3n) is 6.82. The van der Waals surface area contributed by atoms with Gasteiger partial charge in [0.2, 0.25) is 0 Å². The monoisotopic (exact) mass is 479 g/mol. The molecule has 8 heteroatoms. The Hall–Kier alpha value is -3.15. The molecular formula is C26H29N3O4S. The van der Waals surface area contributed by atoms with Crippen molar-refractivity contribution in [3.63, 3.8) is 0 Å². The van der Waals surface area contributed by atoms with Crippen LogP contribution in [0, 0.1) is 32.1 Å². The second-order valence-electron chi connectivity index (χ2n) is 9.21. The van der Waals surface area contributed by atoms with Crippen molar-refractivity contribution in [1.29, 1.82) is 5.26 Å². The van der Waals surface area contributed by atoms with E-state index in [2.05, 4.69) is 34.7 Å². The number of hydrogen-bond acceptors (Lipinski definition) is 6. The van der Waals surface area contributed by atoms with Crippen LogP contribution in [0.15, 0.2) is 40.9 Å². The van der Waals surface area contributed by atoms with Crippen LogP contribution >= 0.6 is 0 Å². The molecule has 34 heavy (non-hydrogen) atoms. The molecule has 0 spiro atoms. The number of rotatable bonds is 8. The molecule has 2 N–H and O–H groups in total. The van der Waals surface area contributed by atoms with E-state index in [4.69, 9.17) is 4.52 Å². The highest BCUT2D eigenvalue weighted by Crippen LogP contribution is 2.48. The first-order chi connectivity index (χ1) is 16.1. The molecule has 0 radical (unpaired) electrons. The molecule has 1 fully saturated rings. The first-order valence-corrected chi connectivity index (χ1v) is 12.9. The minimum atomic E-state index is -4.07. The highest BCUT2D eigenvalue weighted by molar-refractivity contribution is 7.86. The number of benzene rings is 2. The molecule has 7 nitrogen and oxygen atoms in total. The molecule has 0 bridgehead atoms. The normalized spacial score (nSPS) is 15.5. The SMILES string of the molecule is Cc1noc(C)c1-c1cc(NCCC(C)S(=O)(=O)O)c(C)c(-c2ccc(C3(C#N)CC3)cc2)c1. The Morgan fingerprint density at radius 2 is 1.85 bits per heavy atom. The zero-order valence-electron chi connectivity index (χ0n) is 19.8. The molecule has 1 saturated carbocycles. The fourth-order valence-electron chi connectivity index (χ4n) is 4.36. The summed E-state index contributed by atoms with van der Waals surface area (Å²) in [7, 11) is -4.07. The molecule has 0 saturated heterocycles. The smallest absolute Gasteiger partial charge is 0.267 e. The summed E-state index contributed by atoms with van der Waals surface area (Å²) in [5, 5.41) is 16.1. The first kappa shape index (κ1) is 24.0. The van der Waals surface area contributed by atoms with E-state index in [1.807, 2.05) is 39.0 Å². The Morgan fingerprint density at radius 1 is 1.18 bits per heavy atom. The molecule has 0 aliphatic heterocycles. The molecule has 4 rings (SSSR count). The lowest BCUT2D eigenvalue weighted by molar-refractivity contribution is 0.393. The number of nitrogens with one attached hydrogen (secondary N) is 1. The van der Waals surface area contributed by atoms with E-state index in [-0.39, 0.29) is 11.8 Å². The lowest BCUT2D eigenvalue weighted by atomic mass is 9.90. The van der Waals surface area contributed by atoms with Gasteiger partial charge in [0.25, 0.3) is 10.1 Å². The Bertz CT molecular complexity index is 1340. The second kappa shape index (κ2) is 8.90. The molecule has 178 valence electrons. The van der Waals surface area contributed by atoms with Crippen molar-refractivity contribution in [1.82, 2.24) is 5.16 Å². The van der Waals surface area contributed by atoms with Gasteiger partial charge in [-0.25, -0.2) is 0 Å². The highest BCUT2D eigenvalue weighted by Gasteiger charge is 2.44. The highest BCUT2D eigenvalue weighted by atomic mass is 32.2. The van der Waals surface area contributed by atoms with Crippen molar-refractivity contribution in [3.8, 4) is 28.3 Å². The van der Waals surface area contributed by atoms with Crippen molar-refractivity contribution in [3.05, 3.63) is 59.0 Å². The molecule has 2 aromatic carbocycles. The average Bonchev–Trinajstić information content (AvgIpc) is 3.53. The van der Waals surface area contributed by atoms with E-state index >= 15 is 0 Å². The molecular weight excluding hydrogens is 450 g/mol. The van der Waals surface area contributed by atoms with E-state index in [9.17, 15) is 18.2 Å². The third-order valence-corrected chi connectivity index (χ3v) is 8.07. The summed E-state index contributed by atoms with van der Waals surface area (Å²) >= 11 is 0. The summed E-state index contributed by atoms with van der Waals surface area (Å²) in [6.45, 7) is 7.67. The van der Waals surface area contributed by atoms with Crippen LogP contribution in [0.1, 0.15) is 48.8 Å². The summed E-state index contributed by atoms with van der Waals surface area (Å²) in [5.74, 6) is 0.721. The Labute approximate surface area is 200 Å². The molecule has 3 aromatic rings. The minimum absolute atomic E-state index is 0.272. The number of hydrogen-bond donors (Lipinski definition) is 2. The number of nitriles is 1. The van der Waals surface area contributed by atoms with E-state index < -0.39 is 15.4 Å². The Balaban J connectivity index is 1.73. The van der Waals surface area contributed by atoms with Gasteiger partial charge in [-0.1, -0.05) is 29.4 Å². The molecule has 1 aromatic heterocycles. The van der Waals surface area contributed by atoms with Crippen LogP contribution < -0.4 is 5.32 Å². The number of anilines is 1. The summed E-state index contributed by atoms with van der Waals surface area (Å²) in [6, 6.07) is 14.8. The third kappa shape index (κ3) is 4.59. The Morgan fingerprint density at radius 3 is 2.38 bits per heavy atom. The van der Waals surface area contributed by atoms with Gasteiger partial charge in [-0.05, 0) is 86.9 Å². The summed E-state index contributed by atoms with van der Waals surface area (Å²) in [5.41, 5.74) is 7.32. The van der Waals surface area contributed by atoms with E-state index in [1.54, 1.807) is 0 Å². The van der Waals surface area contributed by atoms with Gasteiger partial charge in [0, 0.05) is 17.8 Å². The molecule has 1 unspecified atom stereocenters. The summed E-state index contributed by atoms with van der Waals surface area (Å²) in [4.78, 5) is 0. The van der Waals surface area contributed by atoms with Crippen LogP contribution in [0.3, 0.4) is 0 Å². The molecule has 0 amide bonds. The number of aryl methyl sites for hydroxylation is 2. The van der Waals surface area contributed by atoms with Gasteiger partial charge in [-0.2, -0.15) is 13.7 Å². The van der Waals surface area contributed by atoms with Gasteiger partial charge in [0.1, 0.15) is 5.76 Å². The first-order valence-electron chi connectivity index (χ1n) is 11.4. The molecule has 1 aliphatic rings. The van der Waals surface area contributed by atoms with Gasteiger partial charge in [0.05, 0.1) is 22.4 Å². The van der Waals surface area contributed by atoms with Crippen LogP contribution in [-0.4, -0.2) is 29.9 Å². The average molecular weight is 480 g/mol. The van der Waals surface area contributed by atoms with Gasteiger partial charge in [0.15, 0.2) is 0 Å². The zero-order valence-corrected chi connectivity index (χ0v) is 20.7. The predicted octanol–water partition coefficient (Wildman–Crippen LogP) is 5.57. The maximum Gasteiger partial charge on any atom is 0.267 e. The predicted molar refractivity (Wildman–Crippen MR) is 132 cm³/mol. The lowest BCUT2D eigenvalue weighted by Gasteiger charge is -2.18. The van der Waals surface area contributed by atoms with Gasteiger partial charge < -0.3 is 9.84 Å². The fraction of sp³-hybridized carbons (Fsp3) is 0.385. The quantitative estimate of drug-likeness (QED) is 0.406. The van der Waals surface area contributed by atoms with Gasteiger partial charge in [-0.3, -0.25) is 4.55 Å². The van der Waals surface area contributed by atoms with Gasteiger partial charge in [-0.15, -0.1) is 0 Å². The maximum atomic E-state index is 11.4. The standard InChI is InChI=1S/C26H29N3O4S/c1-16(34(30,31)32)9-12-28-24-14-21(25-18(3)29-33-19(25)4)13-23(17(24)2)20-5-7-22(8-6-20)26(15-27)10-11-26/h5-8,13-14,16,28H,9-12H2,1-4H3,(H,30,31,32). The van der Waals surface area contributed by atoms with Gasteiger partial charge >= 0.3 is 0 Å². The summed E-state index contributed by atoms with van der Waals surface area (Å²) < 4.78 is 37.4. The number of nitrogens with zero attached hydrogens (tertiary/aromatic N) is 2. The zero-order chi connectivity index (χ0) is 24.7. The van der Waals surface area contributed by atoms with E-state index in [1.165, 1.54) is 6.92 Å². The van der Waals surface area contributed by atoms with Crippen molar-refractivity contribution in [2.24, 2.45) is 0 Å². The lowest BCUT2D eigenvalue weighted by Crippen LogP contribution is -2.20. The second-order valence-corrected chi connectivity index (χ2v) is 11.0. The maximum absolute atomic E-state index is 11.4. The van der Waals surface area contributed by atoms with Crippen LogP contribution in [-0.2, 0) is 15.5 Å². The minimum Gasteiger partial charge on any atom is -0.385 e. The Kier molecular flexibility index (Phi) is 6.28. The van der Waals surface area contributed by atoms with Crippen molar-refractivity contribution < 1.29 is 17.5 Å². The fourth-order valence-corrected chi connectivity index (χ4v) is 4.77. The van der Waals surface area contributed by atoms with Crippen LogP contribution in [0.2, 0.25) is 0 Å². The number of aromatic nitrogens is 1. The van der Waals surface area contributed by atoms with Crippen LogP contribution in [0.5, 0.6) is 0 Å². The molecule has 1 atom stereocenters.